The summed E-state index contributed by atoms with van der Waals surface area (Å²) in [5, 5.41) is 13.7. The summed E-state index contributed by atoms with van der Waals surface area (Å²) in [6.07, 6.45) is 6.03. The highest BCUT2D eigenvalue weighted by Gasteiger charge is 2.24. The van der Waals surface area contributed by atoms with Crippen molar-refractivity contribution in [2.75, 3.05) is 0 Å². The minimum Gasteiger partial charge on any atom is -0.478 e. The van der Waals surface area contributed by atoms with Crippen molar-refractivity contribution in [3.63, 3.8) is 0 Å². The summed E-state index contributed by atoms with van der Waals surface area (Å²) in [5.74, 6) is -1.30. The molecular formula is C21H26ClFN2O2. The summed E-state index contributed by atoms with van der Waals surface area (Å²) >= 11 is 6.17. The van der Waals surface area contributed by atoms with Gasteiger partial charge in [0.05, 0.1) is 5.56 Å². The number of halogens is 2. The molecule has 1 heterocycles. The zero-order valence-corrected chi connectivity index (χ0v) is 16.6. The van der Waals surface area contributed by atoms with Gasteiger partial charge in [-0.25, -0.2) is 9.18 Å². The van der Waals surface area contributed by atoms with E-state index in [-0.39, 0.29) is 5.82 Å². The van der Waals surface area contributed by atoms with Crippen molar-refractivity contribution < 1.29 is 14.3 Å². The number of carbonyl (C=O) groups is 1. The van der Waals surface area contributed by atoms with Crippen LogP contribution in [0.25, 0.3) is 0 Å². The molecule has 4 nitrogen and oxygen atoms in total. The van der Waals surface area contributed by atoms with Gasteiger partial charge in [-0.05, 0) is 44.4 Å². The Balaban J connectivity index is 1.89. The van der Waals surface area contributed by atoms with Crippen LogP contribution < -0.4 is 5.32 Å². The molecule has 0 saturated heterocycles. The van der Waals surface area contributed by atoms with E-state index in [4.69, 9.17) is 11.6 Å². The van der Waals surface area contributed by atoms with Crippen molar-refractivity contribution in [3.05, 3.63) is 57.1 Å². The molecule has 1 aromatic carbocycles. The van der Waals surface area contributed by atoms with Crippen LogP contribution in [0.15, 0.2) is 18.2 Å². The second kappa shape index (κ2) is 8.44. The van der Waals surface area contributed by atoms with Crippen LogP contribution in [0, 0.1) is 19.7 Å². The lowest BCUT2D eigenvalue weighted by Gasteiger charge is -2.23. The standard InChI is InChI=1S/C21H26ClFN2O2/c1-13-18(11-24-17-6-4-3-5-7-17)20(21(26)27)14(2)25(13)12-15-8-9-16(23)10-19(15)22/h8-10,17,24H,3-7,11-12H2,1-2H3,(H,26,27). The van der Waals surface area contributed by atoms with Gasteiger partial charge in [0.2, 0.25) is 0 Å². The zero-order valence-electron chi connectivity index (χ0n) is 15.8. The molecule has 2 N–H and O–H groups in total. The van der Waals surface area contributed by atoms with Crippen LogP contribution in [0.3, 0.4) is 0 Å². The lowest BCUT2D eigenvalue weighted by atomic mass is 9.95. The van der Waals surface area contributed by atoms with Gasteiger partial charge in [0.1, 0.15) is 5.82 Å². The number of carboxylic acids is 1. The molecule has 0 aliphatic heterocycles. The van der Waals surface area contributed by atoms with Gasteiger partial charge in [-0.15, -0.1) is 0 Å². The van der Waals surface area contributed by atoms with Gasteiger partial charge < -0.3 is 15.0 Å². The number of carboxylic acid groups (broad SMARTS) is 1. The van der Waals surface area contributed by atoms with Gasteiger partial charge in [-0.3, -0.25) is 0 Å². The van der Waals surface area contributed by atoms with Crippen LogP contribution in [-0.4, -0.2) is 21.7 Å². The monoisotopic (exact) mass is 392 g/mol. The van der Waals surface area contributed by atoms with Crippen molar-refractivity contribution in [1.82, 2.24) is 9.88 Å². The van der Waals surface area contributed by atoms with Gasteiger partial charge in [-0.1, -0.05) is 36.9 Å². The van der Waals surface area contributed by atoms with Crippen LogP contribution in [-0.2, 0) is 13.1 Å². The van der Waals surface area contributed by atoms with Crippen molar-refractivity contribution in [2.24, 2.45) is 0 Å². The molecule has 0 unspecified atom stereocenters. The molecule has 0 atom stereocenters. The topological polar surface area (TPSA) is 54.3 Å². The molecule has 1 aromatic heterocycles. The predicted octanol–water partition coefficient (Wildman–Crippen LogP) is 5.07. The van der Waals surface area contributed by atoms with E-state index in [0.717, 1.165) is 29.7 Å². The highest BCUT2D eigenvalue weighted by atomic mass is 35.5. The molecule has 0 amide bonds. The predicted molar refractivity (Wildman–Crippen MR) is 105 cm³/mol. The van der Waals surface area contributed by atoms with Crippen molar-refractivity contribution in [2.45, 2.75) is 65.1 Å². The van der Waals surface area contributed by atoms with Crippen LogP contribution in [0.2, 0.25) is 5.02 Å². The molecule has 2 aromatic rings. The van der Waals surface area contributed by atoms with E-state index in [1.54, 1.807) is 6.07 Å². The Morgan fingerprint density at radius 2 is 1.96 bits per heavy atom. The van der Waals surface area contributed by atoms with Gasteiger partial charge in [0.15, 0.2) is 0 Å². The molecule has 1 saturated carbocycles. The Kier molecular flexibility index (Phi) is 6.22. The van der Waals surface area contributed by atoms with Gasteiger partial charge in [-0.2, -0.15) is 0 Å². The molecular weight excluding hydrogens is 367 g/mol. The van der Waals surface area contributed by atoms with Crippen molar-refractivity contribution in [1.29, 1.82) is 0 Å². The Bertz CT molecular complexity index is 841. The van der Waals surface area contributed by atoms with Crippen molar-refractivity contribution >= 4 is 17.6 Å². The molecule has 0 spiro atoms. The van der Waals surface area contributed by atoms with Crippen LogP contribution in [0.5, 0.6) is 0 Å². The minimum absolute atomic E-state index is 0.348. The van der Waals surface area contributed by atoms with E-state index in [0.29, 0.717) is 35.4 Å². The summed E-state index contributed by atoms with van der Waals surface area (Å²) in [5.41, 5.74) is 3.55. The second-order valence-electron chi connectivity index (χ2n) is 7.37. The molecule has 27 heavy (non-hydrogen) atoms. The maximum Gasteiger partial charge on any atom is 0.337 e. The van der Waals surface area contributed by atoms with E-state index in [9.17, 15) is 14.3 Å². The molecule has 1 aliphatic rings. The molecule has 146 valence electrons. The first kappa shape index (κ1) is 19.9. The molecule has 0 radical (unpaired) electrons. The average Bonchev–Trinajstić information content (AvgIpc) is 2.87. The smallest absolute Gasteiger partial charge is 0.337 e. The summed E-state index contributed by atoms with van der Waals surface area (Å²) in [7, 11) is 0. The first-order valence-electron chi connectivity index (χ1n) is 9.47. The van der Waals surface area contributed by atoms with Crippen LogP contribution in [0.1, 0.15) is 65.0 Å². The number of benzene rings is 1. The van der Waals surface area contributed by atoms with E-state index in [1.165, 1.54) is 31.4 Å². The fourth-order valence-corrected chi connectivity index (χ4v) is 4.29. The van der Waals surface area contributed by atoms with E-state index in [1.807, 2.05) is 18.4 Å². The number of aromatic nitrogens is 1. The van der Waals surface area contributed by atoms with Crippen LogP contribution in [0.4, 0.5) is 4.39 Å². The van der Waals surface area contributed by atoms with Crippen LogP contribution >= 0.6 is 11.6 Å². The summed E-state index contributed by atoms with van der Waals surface area (Å²) in [4.78, 5) is 11.9. The quantitative estimate of drug-likeness (QED) is 0.721. The van der Waals surface area contributed by atoms with E-state index < -0.39 is 5.97 Å². The largest absolute Gasteiger partial charge is 0.478 e. The maximum atomic E-state index is 13.3. The highest BCUT2D eigenvalue weighted by Crippen LogP contribution is 2.27. The fourth-order valence-electron chi connectivity index (χ4n) is 4.06. The summed E-state index contributed by atoms with van der Waals surface area (Å²) in [6, 6.07) is 4.76. The third kappa shape index (κ3) is 4.36. The van der Waals surface area contributed by atoms with Crippen molar-refractivity contribution in [3.8, 4) is 0 Å². The average molecular weight is 393 g/mol. The fraction of sp³-hybridized carbons (Fsp3) is 0.476. The lowest BCUT2D eigenvalue weighted by molar-refractivity contribution is 0.0694. The first-order valence-corrected chi connectivity index (χ1v) is 9.85. The van der Waals surface area contributed by atoms with E-state index >= 15 is 0 Å². The van der Waals surface area contributed by atoms with Gasteiger partial charge >= 0.3 is 5.97 Å². The Labute approximate surface area is 164 Å². The molecule has 6 heteroatoms. The Morgan fingerprint density at radius 3 is 2.59 bits per heavy atom. The SMILES string of the molecule is Cc1c(CNC2CCCCC2)c(C(=O)O)c(C)n1Cc1ccc(F)cc1Cl. The third-order valence-corrected chi connectivity index (χ3v) is 5.99. The number of hydrogen-bond donors (Lipinski definition) is 2. The Morgan fingerprint density at radius 1 is 1.26 bits per heavy atom. The number of nitrogens with one attached hydrogen (secondary N) is 1. The molecule has 1 fully saturated rings. The highest BCUT2D eigenvalue weighted by molar-refractivity contribution is 6.31. The summed E-state index contributed by atoms with van der Waals surface area (Å²) in [6.45, 7) is 4.72. The third-order valence-electron chi connectivity index (χ3n) is 5.64. The lowest BCUT2D eigenvalue weighted by Crippen LogP contribution is -2.31. The van der Waals surface area contributed by atoms with E-state index in [2.05, 4.69) is 5.32 Å². The second-order valence-corrected chi connectivity index (χ2v) is 7.77. The zero-order chi connectivity index (χ0) is 19.6. The van der Waals surface area contributed by atoms with Gasteiger partial charge in [0.25, 0.3) is 0 Å². The summed E-state index contributed by atoms with van der Waals surface area (Å²) < 4.78 is 15.3. The number of nitrogens with zero attached hydrogens (tertiary/aromatic N) is 1. The maximum absolute atomic E-state index is 13.3. The molecule has 1 aliphatic carbocycles. The van der Waals surface area contributed by atoms with Gasteiger partial charge in [0, 0.05) is 41.1 Å². The normalized spacial score (nSPS) is 15.3. The molecule has 0 bridgehead atoms. The Hall–Kier alpha value is -1.85. The number of hydrogen-bond acceptors (Lipinski definition) is 2. The number of rotatable bonds is 6. The minimum atomic E-state index is -0.917. The molecule has 3 rings (SSSR count). The first-order chi connectivity index (χ1) is 12.9. The number of aromatic carboxylic acids is 1.